The van der Waals surface area contributed by atoms with E-state index in [2.05, 4.69) is 10.3 Å². The second-order valence-corrected chi connectivity index (χ2v) is 4.84. The molecule has 1 aromatic carbocycles. The van der Waals surface area contributed by atoms with Gasteiger partial charge in [0.2, 0.25) is 11.8 Å². The van der Waals surface area contributed by atoms with Crippen LogP contribution in [0.5, 0.6) is 17.4 Å². The molecule has 0 aliphatic heterocycles. The number of rotatable bonds is 7. The number of pyridine rings is 1. The first kappa shape index (κ1) is 16.6. The quantitative estimate of drug-likeness (QED) is 0.845. The van der Waals surface area contributed by atoms with Crippen molar-refractivity contribution in [2.75, 3.05) is 21.3 Å². The Morgan fingerprint density at radius 2 is 1.91 bits per heavy atom. The van der Waals surface area contributed by atoms with Crippen LogP contribution in [0.2, 0.25) is 0 Å². The average molecular weight is 316 g/mol. The molecular weight excluding hydrogens is 296 g/mol. The Bertz CT molecular complexity index is 673. The highest BCUT2D eigenvalue weighted by Crippen LogP contribution is 2.24. The lowest BCUT2D eigenvalue weighted by Crippen LogP contribution is -2.24. The molecule has 0 aliphatic carbocycles. The van der Waals surface area contributed by atoms with E-state index >= 15 is 0 Å². The van der Waals surface area contributed by atoms with E-state index < -0.39 is 0 Å². The van der Waals surface area contributed by atoms with Gasteiger partial charge in [-0.3, -0.25) is 4.79 Å². The molecule has 1 amide bonds. The summed E-state index contributed by atoms with van der Waals surface area (Å²) >= 11 is 0. The van der Waals surface area contributed by atoms with Crippen LogP contribution in [0.4, 0.5) is 0 Å². The van der Waals surface area contributed by atoms with Gasteiger partial charge in [-0.2, -0.15) is 0 Å². The largest absolute Gasteiger partial charge is 0.497 e. The first-order chi connectivity index (χ1) is 11.2. The summed E-state index contributed by atoms with van der Waals surface area (Å²) in [6.07, 6.45) is 1.88. The van der Waals surface area contributed by atoms with Crippen molar-refractivity contribution in [3.63, 3.8) is 0 Å². The van der Waals surface area contributed by atoms with Crippen molar-refractivity contribution in [3.05, 3.63) is 47.7 Å². The lowest BCUT2D eigenvalue weighted by Gasteiger charge is -2.11. The molecule has 23 heavy (non-hydrogen) atoms. The molecule has 1 heterocycles. The molecule has 0 radical (unpaired) electrons. The lowest BCUT2D eigenvalue weighted by atomic mass is 10.1. The molecule has 1 N–H and O–H groups in total. The highest BCUT2D eigenvalue weighted by molar-refractivity contribution is 5.79. The van der Waals surface area contributed by atoms with Crippen molar-refractivity contribution in [2.24, 2.45) is 0 Å². The molecule has 2 rings (SSSR count). The van der Waals surface area contributed by atoms with Crippen molar-refractivity contribution < 1.29 is 19.0 Å². The van der Waals surface area contributed by atoms with Gasteiger partial charge in [-0.25, -0.2) is 4.98 Å². The summed E-state index contributed by atoms with van der Waals surface area (Å²) in [5.41, 5.74) is 1.73. The van der Waals surface area contributed by atoms with Crippen molar-refractivity contribution in [1.82, 2.24) is 10.3 Å². The molecule has 0 aliphatic rings. The molecule has 0 fully saturated rings. The molecule has 0 saturated heterocycles. The molecule has 0 bridgehead atoms. The molecular formula is C17H20N2O4. The zero-order valence-electron chi connectivity index (χ0n) is 13.5. The zero-order valence-corrected chi connectivity index (χ0v) is 13.5. The van der Waals surface area contributed by atoms with E-state index in [-0.39, 0.29) is 12.3 Å². The Labute approximate surface area is 135 Å². The fourth-order valence-corrected chi connectivity index (χ4v) is 2.11. The third-order valence-electron chi connectivity index (χ3n) is 3.34. The Morgan fingerprint density at radius 1 is 1.09 bits per heavy atom. The molecule has 0 unspecified atom stereocenters. The zero-order chi connectivity index (χ0) is 16.7. The van der Waals surface area contributed by atoms with Crippen molar-refractivity contribution in [1.29, 1.82) is 0 Å². The monoisotopic (exact) mass is 316 g/mol. The van der Waals surface area contributed by atoms with Gasteiger partial charge in [0, 0.05) is 30.4 Å². The number of amides is 1. The van der Waals surface area contributed by atoms with E-state index in [1.807, 2.05) is 12.1 Å². The molecule has 6 heteroatoms. The van der Waals surface area contributed by atoms with Crippen LogP contribution in [0.15, 0.2) is 36.5 Å². The standard InChI is InChI=1S/C17H20N2O4/c1-21-14-5-4-13(15(10-14)22-2)9-16(20)19-11-12-6-7-18-17(8-12)23-3/h4-8,10H,9,11H2,1-3H3,(H,19,20). The number of nitrogens with zero attached hydrogens (tertiary/aromatic N) is 1. The van der Waals surface area contributed by atoms with Gasteiger partial charge in [0.1, 0.15) is 11.5 Å². The average Bonchev–Trinajstić information content (AvgIpc) is 2.60. The summed E-state index contributed by atoms with van der Waals surface area (Å²) in [4.78, 5) is 16.1. The minimum absolute atomic E-state index is 0.0933. The number of carbonyl (C=O) groups excluding carboxylic acids is 1. The predicted molar refractivity (Wildman–Crippen MR) is 85.9 cm³/mol. The number of hydrogen-bond donors (Lipinski definition) is 1. The third-order valence-corrected chi connectivity index (χ3v) is 3.34. The molecule has 0 saturated carbocycles. The fourth-order valence-electron chi connectivity index (χ4n) is 2.11. The van der Waals surface area contributed by atoms with Gasteiger partial charge in [0.05, 0.1) is 27.8 Å². The summed E-state index contributed by atoms with van der Waals surface area (Å²) in [7, 11) is 4.71. The Morgan fingerprint density at radius 3 is 2.61 bits per heavy atom. The van der Waals surface area contributed by atoms with Crippen molar-refractivity contribution >= 4 is 5.91 Å². The Hall–Kier alpha value is -2.76. The van der Waals surface area contributed by atoms with E-state index in [1.165, 1.54) is 0 Å². The van der Waals surface area contributed by atoms with Crippen LogP contribution in [-0.4, -0.2) is 32.2 Å². The second-order valence-electron chi connectivity index (χ2n) is 4.84. The van der Waals surface area contributed by atoms with Gasteiger partial charge < -0.3 is 19.5 Å². The number of benzene rings is 1. The van der Waals surface area contributed by atoms with Crippen LogP contribution in [0.3, 0.4) is 0 Å². The van der Waals surface area contributed by atoms with Gasteiger partial charge >= 0.3 is 0 Å². The number of carbonyl (C=O) groups is 1. The van der Waals surface area contributed by atoms with Crippen LogP contribution in [-0.2, 0) is 17.8 Å². The highest BCUT2D eigenvalue weighted by atomic mass is 16.5. The summed E-state index contributed by atoms with van der Waals surface area (Å²) in [6.45, 7) is 0.413. The lowest BCUT2D eigenvalue weighted by molar-refractivity contribution is -0.120. The maximum absolute atomic E-state index is 12.1. The minimum atomic E-state index is -0.0933. The van der Waals surface area contributed by atoms with Gasteiger partial charge in [-0.1, -0.05) is 6.07 Å². The fraction of sp³-hybridized carbons (Fsp3) is 0.294. The van der Waals surface area contributed by atoms with Crippen LogP contribution in [0, 0.1) is 0 Å². The summed E-state index contributed by atoms with van der Waals surface area (Å²) in [5, 5.41) is 2.87. The predicted octanol–water partition coefficient (Wildman–Crippen LogP) is 1.97. The maximum Gasteiger partial charge on any atom is 0.224 e. The van der Waals surface area contributed by atoms with Crippen LogP contribution in [0.25, 0.3) is 0 Å². The van der Waals surface area contributed by atoms with E-state index in [9.17, 15) is 4.79 Å². The number of aromatic nitrogens is 1. The minimum Gasteiger partial charge on any atom is -0.497 e. The van der Waals surface area contributed by atoms with Gasteiger partial charge in [-0.05, 0) is 17.7 Å². The molecule has 6 nitrogen and oxygen atoms in total. The molecule has 0 spiro atoms. The molecule has 0 atom stereocenters. The smallest absolute Gasteiger partial charge is 0.224 e. The van der Waals surface area contributed by atoms with Crippen LogP contribution in [0.1, 0.15) is 11.1 Å². The van der Waals surface area contributed by atoms with E-state index in [4.69, 9.17) is 14.2 Å². The third kappa shape index (κ3) is 4.60. The Kier molecular flexibility index (Phi) is 5.80. The first-order valence-corrected chi connectivity index (χ1v) is 7.12. The first-order valence-electron chi connectivity index (χ1n) is 7.12. The van der Waals surface area contributed by atoms with E-state index in [0.29, 0.717) is 23.9 Å². The Balaban J connectivity index is 1.96. The maximum atomic E-state index is 12.1. The highest BCUT2D eigenvalue weighted by Gasteiger charge is 2.10. The van der Waals surface area contributed by atoms with E-state index in [1.54, 1.807) is 45.7 Å². The number of hydrogen-bond acceptors (Lipinski definition) is 5. The number of methoxy groups -OCH3 is 3. The normalized spacial score (nSPS) is 10.0. The van der Waals surface area contributed by atoms with Gasteiger partial charge in [0.25, 0.3) is 0 Å². The summed E-state index contributed by atoms with van der Waals surface area (Å²) in [5.74, 6) is 1.75. The van der Waals surface area contributed by atoms with Crippen molar-refractivity contribution in [3.8, 4) is 17.4 Å². The molecule has 2 aromatic rings. The summed E-state index contributed by atoms with van der Waals surface area (Å²) in [6, 6.07) is 9.01. The SMILES string of the molecule is COc1ccc(CC(=O)NCc2ccnc(OC)c2)c(OC)c1. The van der Waals surface area contributed by atoms with Crippen LogP contribution >= 0.6 is 0 Å². The van der Waals surface area contributed by atoms with E-state index in [0.717, 1.165) is 11.1 Å². The molecule has 122 valence electrons. The van der Waals surface area contributed by atoms with Gasteiger partial charge in [0.15, 0.2) is 0 Å². The van der Waals surface area contributed by atoms with Gasteiger partial charge in [-0.15, -0.1) is 0 Å². The van der Waals surface area contributed by atoms with Crippen molar-refractivity contribution in [2.45, 2.75) is 13.0 Å². The molecule has 1 aromatic heterocycles. The topological polar surface area (TPSA) is 69.7 Å². The number of ether oxygens (including phenoxy) is 3. The second kappa shape index (κ2) is 8.03. The number of nitrogens with one attached hydrogen (secondary N) is 1. The summed E-state index contributed by atoms with van der Waals surface area (Å²) < 4.78 is 15.5. The van der Waals surface area contributed by atoms with Crippen LogP contribution < -0.4 is 19.5 Å².